The zero-order chi connectivity index (χ0) is 22.8. The molecule has 0 aliphatic carbocycles. The topological polar surface area (TPSA) is 117 Å². The van der Waals surface area contributed by atoms with E-state index in [1.807, 2.05) is 12.1 Å². The molecule has 174 valence electrons. The van der Waals surface area contributed by atoms with Crippen molar-refractivity contribution >= 4 is 44.1 Å². The Morgan fingerprint density at radius 3 is 2.70 bits per heavy atom. The van der Waals surface area contributed by atoms with Crippen LogP contribution >= 0.6 is 11.3 Å². The minimum absolute atomic E-state index is 0.0739. The molecule has 4 N–H and O–H groups in total. The van der Waals surface area contributed by atoms with Gasteiger partial charge in [0.05, 0.1) is 29.8 Å². The van der Waals surface area contributed by atoms with E-state index in [1.54, 1.807) is 23.6 Å². The van der Waals surface area contributed by atoms with E-state index in [4.69, 9.17) is 10.5 Å². The summed E-state index contributed by atoms with van der Waals surface area (Å²) in [7, 11) is 0. The van der Waals surface area contributed by atoms with Crippen molar-refractivity contribution in [3.05, 3.63) is 36.0 Å². The van der Waals surface area contributed by atoms with E-state index < -0.39 is 0 Å². The van der Waals surface area contributed by atoms with Gasteiger partial charge in [0, 0.05) is 43.5 Å². The number of nitrogens with zero attached hydrogens (tertiary/aromatic N) is 4. The first-order valence-corrected chi connectivity index (χ1v) is 12.1. The fourth-order valence-electron chi connectivity index (χ4n) is 4.31. The standard InChI is InChI=1S/C23H28N6O3S/c24-13-15-1-3-28(4-2-15)18-9-16(10-19(30)12-18)22(31)26-17-11-20-21(25-14-17)27-23(33-20)29-5-7-32-8-6-29/h9-12,14-15,30H,1-8,13,24H2,(H,26,31). The first kappa shape index (κ1) is 21.9. The van der Waals surface area contributed by atoms with Gasteiger partial charge in [-0.25, -0.2) is 4.98 Å². The Morgan fingerprint density at radius 1 is 1.15 bits per heavy atom. The third-order valence-corrected chi connectivity index (χ3v) is 7.31. The zero-order valence-electron chi connectivity index (χ0n) is 18.4. The number of anilines is 3. The summed E-state index contributed by atoms with van der Waals surface area (Å²) >= 11 is 1.56. The first-order valence-electron chi connectivity index (χ1n) is 11.3. The molecule has 33 heavy (non-hydrogen) atoms. The third-order valence-electron chi connectivity index (χ3n) is 6.25. The van der Waals surface area contributed by atoms with E-state index in [1.165, 1.54) is 6.07 Å². The number of aromatic nitrogens is 2. The number of amides is 1. The van der Waals surface area contributed by atoms with Gasteiger partial charge in [0.2, 0.25) is 0 Å². The van der Waals surface area contributed by atoms with Crippen LogP contribution in [0.1, 0.15) is 23.2 Å². The van der Waals surface area contributed by atoms with Crippen LogP contribution in [-0.2, 0) is 4.74 Å². The number of carbonyl (C=O) groups is 1. The number of fused-ring (bicyclic) bond motifs is 1. The highest BCUT2D eigenvalue weighted by Gasteiger charge is 2.20. The van der Waals surface area contributed by atoms with Gasteiger partial charge in [0.25, 0.3) is 5.91 Å². The van der Waals surface area contributed by atoms with E-state index in [0.29, 0.717) is 42.6 Å². The zero-order valence-corrected chi connectivity index (χ0v) is 19.2. The maximum atomic E-state index is 13.0. The lowest BCUT2D eigenvalue weighted by atomic mass is 9.96. The maximum absolute atomic E-state index is 13.0. The van der Waals surface area contributed by atoms with Gasteiger partial charge in [-0.3, -0.25) is 4.79 Å². The van der Waals surface area contributed by atoms with Crippen molar-refractivity contribution in [3.63, 3.8) is 0 Å². The Hall–Kier alpha value is -2.95. The lowest BCUT2D eigenvalue weighted by Crippen LogP contribution is -2.36. The average Bonchev–Trinajstić information content (AvgIpc) is 3.28. The summed E-state index contributed by atoms with van der Waals surface area (Å²) in [5, 5.41) is 14.1. The molecule has 10 heteroatoms. The Morgan fingerprint density at radius 2 is 1.94 bits per heavy atom. The van der Waals surface area contributed by atoms with Crippen LogP contribution in [0.3, 0.4) is 0 Å². The maximum Gasteiger partial charge on any atom is 0.255 e. The van der Waals surface area contributed by atoms with E-state index in [-0.39, 0.29) is 11.7 Å². The molecular formula is C23H28N6O3S. The molecule has 0 radical (unpaired) electrons. The second-order valence-electron chi connectivity index (χ2n) is 8.50. The van der Waals surface area contributed by atoms with Crippen molar-refractivity contribution in [2.45, 2.75) is 12.8 Å². The summed E-state index contributed by atoms with van der Waals surface area (Å²) in [5.41, 5.74) is 8.31. The number of nitrogens with two attached hydrogens (primary N) is 1. The summed E-state index contributed by atoms with van der Waals surface area (Å²) in [4.78, 5) is 26.4. The van der Waals surface area contributed by atoms with Crippen LogP contribution in [0.15, 0.2) is 30.5 Å². The number of ether oxygens (including phenoxy) is 1. The van der Waals surface area contributed by atoms with Crippen molar-refractivity contribution in [3.8, 4) is 5.75 Å². The monoisotopic (exact) mass is 468 g/mol. The minimum Gasteiger partial charge on any atom is -0.508 e. The van der Waals surface area contributed by atoms with Gasteiger partial charge in [-0.1, -0.05) is 11.3 Å². The number of hydrogen-bond acceptors (Lipinski definition) is 9. The number of piperidine rings is 1. The molecule has 2 fully saturated rings. The smallest absolute Gasteiger partial charge is 0.255 e. The number of benzene rings is 1. The SMILES string of the molecule is NCC1CCN(c2cc(O)cc(C(=O)Nc3cnc4nc(N5CCOCC5)sc4c3)c2)CC1. The highest BCUT2D eigenvalue weighted by atomic mass is 32.1. The largest absolute Gasteiger partial charge is 0.508 e. The molecule has 2 aliphatic rings. The molecule has 9 nitrogen and oxygen atoms in total. The molecule has 1 aromatic carbocycles. The van der Waals surface area contributed by atoms with Gasteiger partial charge in [-0.05, 0) is 43.5 Å². The number of morpholine rings is 1. The Balaban J connectivity index is 1.31. The van der Waals surface area contributed by atoms with Crippen LogP contribution in [0.2, 0.25) is 0 Å². The lowest BCUT2D eigenvalue weighted by Gasteiger charge is -2.33. The molecule has 0 bridgehead atoms. The molecule has 4 heterocycles. The number of hydrogen-bond donors (Lipinski definition) is 3. The van der Waals surface area contributed by atoms with Gasteiger partial charge >= 0.3 is 0 Å². The van der Waals surface area contributed by atoms with Gasteiger partial charge < -0.3 is 30.7 Å². The van der Waals surface area contributed by atoms with Crippen LogP contribution in [0.25, 0.3) is 10.3 Å². The number of pyridine rings is 1. The average molecular weight is 469 g/mol. The van der Waals surface area contributed by atoms with Crippen LogP contribution in [0, 0.1) is 5.92 Å². The van der Waals surface area contributed by atoms with Crippen LogP contribution < -0.4 is 20.9 Å². The van der Waals surface area contributed by atoms with Crippen molar-refractivity contribution in [2.24, 2.45) is 11.7 Å². The minimum atomic E-state index is -0.289. The van der Waals surface area contributed by atoms with Crippen LogP contribution in [0.5, 0.6) is 5.75 Å². The molecule has 2 aromatic heterocycles. The summed E-state index contributed by atoms with van der Waals surface area (Å²) in [6, 6.07) is 6.91. The number of phenolic OH excluding ortho intramolecular Hbond substituents is 1. The second kappa shape index (κ2) is 9.50. The molecule has 0 unspecified atom stereocenters. The predicted molar refractivity (Wildman–Crippen MR) is 130 cm³/mol. The molecule has 1 amide bonds. The van der Waals surface area contributed by atoms with Crippen molar-refractivity contribution in [1.82, 2.24) is 9.97 Å². The molecule has 2 aliphatic heterocycles. The van der Waals surface area contributed by atoms with Gasteiger partial charge in [-0.15, -0.1) is 0 Å². The Labute approximate surface area is 196 Å². The summed E-state index contributed by atoms with van der Waals surface area (Å²) in [5.74, 6) is 0.326. The number of phenols is 1. The number of nitrogens with one attached hydrogen (secondary N) is 1. The quantitative estimate of drug-likeness (QED) is 0.523. The lowest BCUT2D eigenvalue weighted by molar-refractivity contribution is 0.102. The fraction of sp³-hybridized carbons (Fsp3) is 0.435. The molecule has 0 spiro atoms. The van der Waals surface area contributed by atoms with Crippen molar-refractivity contribution < 1.29 is 14.6 Å². The van der Waals surface area contributed by atoms with E-state index in [9.17, 15) is 9.90 Å². The molecule has 0 atom stereocenters. The van der Waals surface area contributed by atoms with Gasteiger partial charge in [0.1, 0.15) is 5.75 Å². The van der Waals surface area contributed by atoms with Crippen molar-refractivity contribution in [1.29, 1.82) is 0 Å². The summed E-state index contributed by atoms with van der Waals surface area (Å²) in [6.07, 6.45) is 3.64. The third kappa shape index (κ3) is 4.87. The molecule has 2 saturated heterocycles. The number of carbonyl (C=O) groups excluding carboxylic acids is 1. The normalized spacial score (nSPS) is 17.5. The number of aromatic hydroxyl groups is 1. The summed E-state index contributed by atoms with van der Waals surface area (Å²) in [6.45, 7) is 5.45. The Bertz CT molecular complexity index is 1140. The van der Waals surface area contributed by atoms with Gasteiger partial charge in [-0.2, -0.15) is 4.98 Å². The first-order chi connectivity index (χ1) is 16.1. The van der Waals surface area contributed by atoms with E-state index >= 15 is 0 Å². The van der Waals surface area contributed by atoms with E-state index in [0.717, 1.165) is 54.5 Å². The van der Waals surface area contributed by atoms with Gasteiger partial charge in [0.15, 0.2) is 10.8 Å². The number of rotatable bonds is 5. The highest BCUT2D eigenvalue weighted by molar-refractivity contribution is 7.22. The van der Waals surface area contributed by atoms with Crippen LogP contribution in [-0.4, -0.2) is 66.9 Å². The fourth-order valence-corrected chi connectivity index (χ4v) is 5.32. The molecule has 5 rings (SSSR count). The summed E-state index contributed by atoms with van der Waals surface area (Å²) < 4.78 is 6.32. The highest BCUT2D eigenvalue weighted by Crippen LogP contribution is 2.31. The Kier molecular flexibility index (Phi) is 6.30. The van der Waals surface area contributed by atoms with Crippen LogP contribution in [0.4, 0.5) is 16.5 Å². The van der Waals surface area contributed by atoms with Crippen molar-refractivity contribution in [2.75, 3.05) is 61.1 Å². The van der Waals surface area contributed by atoms with E-state index in [2.05, 4.69) is 25.1 Å². The molecular weight excluding hydrogens is 440 g/mol. The predicted octanol–water partition coefficient (Wildman–Crippen LogP) is 2.66. The second-order valence-corrected chi connectivity index (χ2v) is 9.51. The molecule has 0 saturated carbocycles. The molecule has 3 aromatic rings. The number of thiazole rings is 1.